The average molecular weight is 443 g/mol. The van der Waals surface area contributed by atoms with Crippen LogP contribution < -0.4 is 10.1 Å². The molecule has 8 nitrogen and oxygen atoms in total. The third kappa shape index (κ3) is 4.32. The van der Waals surface area contributed by atoms with Crippen molar-refractivity contribution < 1.29 is 19.1 Å². The van der Waals surface area contributed by atoms with Crippen molar-refractivity contribution in [2.24, 2.45) is 0 Å². The van der Waals surface area contributed by atoms with Crippen LogP contribution in [0.15, 0.2) is 48.5 Å². The number of aromatic nitrogens is 2. The standard InChI is InChI=1S/C20H15ClN4O4S/c21-12-5-7-13(8-6-12)29-11-16(26)22-20-24-23-17(30-20)9-10-25-18(27)14-3-1-2-4-15(14)19(25)28/h1-8H,9-11H2,(H,22,24,26). The van der Waals surface area contributed by atoms with Crippen LogP contribution in [0.25, 0.3) is 0 Å². The van der Waals surface area contributed by atoms with Crippen molar-refractivity contribution in [2.45, 2.75) is 6.42 Å². The third-order valence-electron chi connectivity index (χ3n) is 4.32. The van der Waals surface area contributed by atoms with Gasteiger partial charge in [0, 0.05) is 18.0 Å². The first-order valence-corrected chi connectivity index (χ1v) is 10.2. The normalized spacial score (nSPS) is 12.8. The molecule has 0 saturated heterocycles. The van der Waals surface area contributed by atoms with E-state index in [4.69, 9.17) is 16.3 Å². The van der Waals surface area contributed by atoms with Crippen LogP contribution in [0.5, 0.6) is 5.75 Å². The Morgan fingerprint density at radius 2 is 1.70 bits per heavy atom. The molecule has 1 N–H and O–H groups in total. The summed E-state index contributed by atoms with van der Waals surface area (Å²) >= 11 is 6.98. The lowest BCUT2D eigenvalue weighted by molar-refractivity contribution is -0.118. The van der Waals surface area contributed by atoms with Crippen LogP contribution in [0.3, 0.4) is 0 Å². The minimum absolute atomic E-state index is 0.189. The van der Waals surface area contributed by atoms with Gasteiger partial charge in [0.15, 0.2) is 6.61 Å². The molecule has 30 heavy (non-hydrogen) atoms. The largest absolute Gasteiger partial charge is 0.484 e. The van der Waals surface area contributed by atoms with Gasteiger partial charge in [0.2, 0.25) is 5.13 Å². The summed E-state index contributed by atoms with van der Waals surface area (Å²) in [6, 6.07) is 13.4. The number of hydrogen-bond acceptors (Lipinski definition) is 7. The smallest absolute Gasteiger partial charge is 0.264 e. The summed E-state index contributed by atoms with van der Waals surface area (Å²) in [5, 5.41) is 12.0. The fourth-order valence-electron chi connectivity index (χ4n) is 2.89. The number of anilines is 1. The van der Waals surface area contributed by atoms with Crippen LogP contribution in [-0.2, 0) is 11.2 Å². The summed E-state index contributed by atoms with van der Waals surface area (Å²) in [4.78, 5) is 38.0. The molecule has 1 aliphatic heterocycles. The van der Waals surface area contributed by atoms with E-state index in [9.17, 15) is 14.4 Å². The lowest BCUT2D eigenvalue weighted by atomic mass is 10.1. The van der Waals surface area contributed by atoms with Crippen molar-refractivity contribution in [3.63, 3.8) is 0 Å². The molecule has 2 aromatic carbocycles. The van der Waals surface area contributed by atoms with E-state index in [0.717, 1.165) is 0 Å². The molecule has 0 bridgehead atoms. The van der Waals surface area contributed by atoms with Gasteiger partial charge in [-0.05, 0) is 36.4 Å². The average Bonchev–Trinajstić information content (AvgIpc) is 3.29. The van der Waals surface area contributed by atoms with Crippen molar-refractivity contribution in [3.05, 3.63) is 69.7 Å². The van der Waals surface area contributed by atoms with Crippen molar-refractivity contribution in [1.82, 2.24) is 15.1 Å². The number of ether oxygens (including phenoxy) is 1. The molecule has 0 aliphatic carbocycles. The number of amides is 3. The summed E-state index contributed by atoms with van der Waals surface area (Å²) in [6.07, 6.45) is 0.348. The number of halogens is 1. The molecular weight excluding hydrogens is 428 g/mol. The second-order valence-corrected chi connectivity index (χ2v) is 7.85. The Labute approximate surface area is 180 Å². The van der Waals surface area contributed by atoms with Gasteiger partial charge in [0.25, 0.3) is 17.7 Å². The molecular formula is C20H15ClN4O4S. The van der Waals surface area contributed by atoms with Crippen LogP contribution >= 0.6 is 22.9 Å². The van der Waals surface area contributed by atoms with E-state index in [1.165, 1.54) is 16.2 Å². The zero-order valence-corrected chi connectivity index (χ0v) is 17.1. The quantitative estimate of drug-likeness (QED) is 0.564. The van der Waals surface area contributed by atoms with E-state index in [0.29, 0.717) is 38.5 Å². The van der Waals surface area contributed by atoms with Crippen molar-refractivity contribution >= 4 is 45.8 Å². The second kappa shape index (κ2) is 8.60. The van der Waals surface area contributed by atoms with Gasteiger partial charge in [-0.1, -0.05) is 35.1 Å². The first kappa shape index (κ1) is 20.0. The van der Waals surface area contributed by atoms with Gasteiger partial charge in [-0.2, -0.15) is 0 Å². The molecule has 152 valence electrons. The Hall–Kier alpha value is -3.30. The molecule has 4 rings (SSSR count). The number of fused-ring (bicyclic) bond motifs is 1. The summed E-state index contributed by atoms with van der Waals surface area (Å²) in [5.41, 5.74) is 0.821. The highest BCUT2D eigenvalue weighted by atomic mass is 35.5. The van der Waals surface area contributed by atoms with E-state index in [2.05, 4.69) is 15.5 Å². The summed E-state index contributed by atoms with van der Waals surface area (Å²) in [7, 11) is 0. The molecule has 2 heterocycles. The van der Waals surface area contributed by atoms with E-state index in [-0.39, 0.29) is 30.9 Å². The number of hydrogen-bond donors (Lipinski definition) is 1. The molecule has 0 radical (unpaired) electrons. The van der Waals surface area contributed by atoms with E-state index >= 15 is 0 Å². The minimum Gasteiger partial charge on any atom is -0.484 e. The van der Waals surface area contributed by atoms with Gasteiger partial charge < -0.3 is 4.74 Å². The highest BCUT2D eigenvalue weighted by Gasteiger charge is 2.34. The van der Waals surface area contributed by atoms with Crippen molar-refractivity contribution in [2.75, 3.05) is 18.5 Å². The number of carbonyl (C=O) groups excluding carboxylic acids is 3. The van der Waals surface area contributed by atoms with Gasteiger partial charge >= 0.3 is 0 Å². The fourth-order valence-corrected chi connectivity index (χ4v) is 3.76. The number of nitrogens with zero attached hydrogens (tertiary/aromatic N) is 3. The molecule has 3 aromatic rings. The first-order valence-electron chi connectivity index (χ1n) is 8.97. The first-order chi connectivity index (χ1) is 14.5. The number of benzene rings is 2. The molecule has 0 unspecified atom stereocenters. The van der Waals surface area contributed by atoms with Crippen LogP contribution in [0, 0.1) is 0 Å². The molecule has 3 amide bonds. The zero-order valence-electron chi connectivity index (χ0n) is 15.5. The second-order valence-electron chi connectivity index (χ2n) is 6.35. The zero-order chi connectivity index (χ0) is 21.1. The maximum atomic E-state index is 12.4. The summed E-state index contributed by atoms with van der Waals surface area (Å²) < 4.78 is 5.38. The van der Waals surface area contributed by atoms with Crippen LogP contribution in [-0.4, -0.2) is 46.0 Å². The predicted octanol–water partition coefficient (Wildman–Crippen LogP) is 3.05. The molecule has 10 heteroatoms. The minimum atomic E-state index is -0.381. The van der Waals surface area contributed by atoms with E-state index < -0.39 is 0 Å². The molecule has 0 spiro atoms. The van der Waals surface area contributed by atoms with E-state index in [1.54, 1.807) is 48.5 Å². The number of nitrogens with one attached hydrogen (secondary N) is 1. The third-order valence-corrected chi connectivity index (χ3v) is 5.47. The van der Waals surface area contributed by atoms with Gasteiger partial charge in [0.1, 0.15) is 10.8 Å². The topological polar surface area (TPSA) is 101 Å². The monoisotopic (exact) mass is 442 g/mol. The van der Waals surface area contributed by atoms with Gasteiger partial charge in [-0.3, -0.25) is 24.6 Å². The van der Waals surface area contributed by atoms with Crippen LogP contribution in [0.2, 0.25) is 5.02 Å². The van der Waals surface area contributed by atoms with Crippen LogP contribution in [0.1, 0.15) is 25.7 Å². The number of rotatable bonds is 7. The molecule has 0 fully saturated rings. The maximum Gasteiger partial charge on any atom is 0.264 e. The van der Waals surface area contributed by atoms with Gasteiger partial charge in [-0.15, -0.1) is 10.2 Å². The number of imide groups is 1. The Morgan fingerprint density at radius 1 is 1.03 bits per heavy atom. The Bertz CT molecular complexity index is 1080. The van der Waals surface area contributed by atoms with Crippen molar-refractivity contribution in [3.8, 4) is 5.75 Å². The highest BCUT2D eigenvalue weighted by molar-refractivity contribution is 7.15. The fraction of sp³-hybridized carbons (Fsp3) is 0.150. The Kier molecular flexibility index (Phi) is 5.73. The summed E-state index contributed by atoms with van der Waals surface area (Å²) in [6.45, 7) is 0.000189. The van der Waals surface area contributed by atoms with E-state index in [1.807, 2.05) is 0 Å². The predicted molar refractivity (Wildman–Crippen MR) is 111 cm³/mol. The highest BCUT2D eigenvalue weighted by Crippen LogP contribution is 2.23. The molecule has 1 aromatic heterocycles. The van der Waals surface area contributed by atoms with Crippen LogP contribution in [0.4, 0.5) is 5.13 Å². The lowest BCUT2D eigenvalue weighted by Crippen LogP contribution is -2.31. The maximum absolute atomic E-state index is 12.4. The molecule has 0 saturated carbocycles. The Morgan fingerprint density at radius 3 is 2.37 bits per heavy atom. The molecule has 1 aliphatic rings. The SMILES string of the molecule is O=C(COc1ccc(Cl)cc1)Nc1nnc(CCN2C(=O)c3ccccc3C2=O)s1. The summed E-state index contributed by atoms with van der Waals surface area (Å²) in [5.74, 6) is -0.484. The van der Waals surface area contributed by atoms with Gasteiger partial charge in [0.05, 0.1) is 11.1 Å². The number of carbonyl (C=O) groups is 3. The Balaban J connectivity index is 1.28. The molecule has 0 atom stereocenters. The lowest BCUT2D eigenvalue weighted by Gasteiger charge is -2.12. The van der Waals surface area contributed by atoms with Gasteiger partial charge in [-0.25, -0.2) is 0 Å². The van der Waals surface area contributed by atoms with Crippen molar-refractivity contribution in [1.29, 1.82) is 0 Å².